The lowest BCUT2D eigenvalue weighted by Crippen LogP contribution is -2.40. The first kappa shape index (κ1) is 15.3. The first-order valence-electron chi connectivity index (χ1n) is 7.22. The van der Waals surface area contributed by atoms with Gasteiger partial charge in [0.2, 0.25) is 0 Å². The largest absolute Gasteiger partial charge is 0.496 e. The average molecular weight is 292 g/mol. The van der Waals surface area contributed by atoms with Crippen molar-refractivity contribution < 1.29 is 4.74 Å². The third-order valence-corrected chi connectivity index (χ3v) is 4.38. The molecule has 1 aromatic rings. The molecule has 0 bridgehead atoms. The summed E-state index contributed by atoms with van der Waals surface area (Å²) in [5, 5.41) is 0. The molecule has 2 unspecified atom stereocenters. The van der Waals surface area contributed by atoms with E-state index in [2.05, 4.69) is 30.9 Å². The summed E-state index contributed by atoms with van der Waals surface area (Å²) < 4.78 is 5.40. The van der Waals surface area contributed by atoms with Gasteiger partial charge in [-0.3, -0.25) is 4.90 Å². The van der Waals surface area contributed by atoms with Crippen molar-refractivity contribution in [2.24, 2.45) is 11.7 Å². The predicted octanol–water partition coefficient (Wildman–Crippen LogP) is 2.95. The highest BCUT2D eigenvalue weighted by molar-refractivity contribution is 7.80. The SMILES string of the molecule is COc1cc(CN2CC(C)CCC2C)ccc1C(N)=S. The van der Waals surface area contributed by atoms with Gasteiger partial charge in [0.15, 0.2) is 0 Å². The second-order valence-corrected chi connectivity index (χ2v) is 6.30. The Hall–Kier alpha value is -1.13. The molecule has 20 heavy (non-hydrogen) atoms. The maximum Gasteiger partial charge on any atom is 0.129 e. The summed E-state index contributed by atoms with van der Waals surface area (Å²) in [6.07, 6.45) is 2.62. The van der Waals surface area contributed by atoms with Crippen molar-refractivity contribution in [3.63, 3.8) is 0 Å². The van der Waals surface area contributed by atoms with Gasteiger partial charge >= 0.3 is 0 Å². The molecule has 3 nitrogen and oxygen atoms in total. The molecule has 1 heterocycles. The number of rotatable bonds is 4. The number of methoxy groups -OCH3 is 1. The molecule has 0 aromatic heterocycles. The number of likely N-dealkylation sites (tertiary alicyclic amines) is 1. The quantitative estimate of drug-likeness (QED) is 0.866. The van der Waals surface area contributed by atoms with Crippen LogP contribution in [-0.2, 0) is 6.54 Å². The van der Waals surface area contributed by atoms with Gasteiger partial charge in [-0.15, -0.1) is 0 Å². The minimum atomic E-state index is 0.383. The monoisotopic (exact) mass is 292 g/mol. The van der Waals surface area contributed by atoms with E-state index in [1.165, 1.54) is 24.9 Å². The molecule has 1 aromatic carbocycles. The zero-order valence-electron chi connectivity index (χ0n) is 12.6. The lowest BCUT2D eigenvalue weighted by Gasteiger charge is -2.36. The predicted molar refractivity (Wildman–Crippen MR) is 87.2 cm³/mol. The standard InChI is InChI=1S/C16H24N2OS/c1-11-4-5-12(2)18(9-11)10-13-6-7-14(16(17)20)15(8-13)19-3/h6-8,11-12H,4-5,9-10H2,1-3H3,(H2,17,20). The Labute approximate surface area is 127 Å². The van der Waals surface area contributed by atoms with Gasteiger partial charge in [-0.25, -0.2) is 0 Å². The number of thiocarbonyl (C=S) groups is 1. The second-order valence-electron chi connectivity index (χ2n) is 5.86. The van der Waals surface area contributed by atoms with E-state index in [0.717, 1.165) is 23.8 Å². The number of benzene rings is 1. The number of piperidine rings is 1. The van der Waals surface area contributed by atoms with E-state index >= 15 is 0 Å². The highest BCUT2D eigenvalue weighted by atomic mass is 32.1. The Balaban J connectivity index is 2.15. The van der Waals surface area contributed by atoms with Crippen molar-refractivity contribution in [1.29, 1.82) is 0 Å². The fourth-order valence-corrected chi connectivity index (χ4v) is 3.04. The van der Waals surface area contributed by atoms with Crippen LogP contribution < -0.4 is 10.5 Å². The number of ether oxygens (including phenoxy) is 1. The third-order valence-electron chi connectivity index (χ3n) is 4.16. The molecule has 1 fully saturated rings. The summed E-state index contributed by atoms with van der Waals surface area (Å²) in [7, 11) is 1.66. The zero-order chi connectivity index (χ0) is 14.7. The fraction of sp³-hybridized carbons (Fsp3) is 0.562. The van der Waals surface area contributed by atoms with Crippen molar-refractivity contribution in [2.75, 3.05) is 13.7 Å². The van der Waals surface area contributed by atoms with E-state index in [9.17, 15) is 0 Å². The minimum Gasteiger partial charge on any atom is -0.496 e. The molecule has 2 N–H and O–H groups in total. The topological polar surface area (TPSA) is 38.5 Å². The Morgan fingerprint density at radius 1 is 1.40 bits per heavy atom. The van der Waals surface area contributed by atoms with Crippen LogP contribution >= 0.6 is 12.2 Å². The van der Waals surface area contributed by atoms with E-state index in [1.54, 1.807) is 7.11 Å². The van der Waals surface area contributed by atoms with Crippen LogP contribution in [-0.4, -0.2) is 29.6 Å². The van der Waals surface area contributed by atoms with Crippen LogP contribution in [0.1, 0.15) is 37.8 Å². The van der Waals surface area contributed by atoms with Gasteiger partial charge in [0.25, 0.3) is 0 Å². The molecular formula is C16H24N2OS. The first-order chi connectivity index (χ1) is 9.51. The molecule has 0 saturated carbocycles. The summed E-state index contributed by atoms with van der Waals surface area (Å²) in [6.45, 7) is 6.77. The summed E-state index contributed by atoms with van der Waals surface area (Å²) in [5.74, 6) is 1.55. The van der Waals surface area contributed by atoms with Gasteiger partial charge in [0.05, 0.1) is 12.7 Å². The smallest absolute Gasteiger partial charge is 0.129 e. The Morgan fingerprint density at radius 3 is 2.80 bits per heavy atom. The van der Waals surface area contributed by atoms with Crippen LogP contribution in [0.4, 0.5) is 0 Å². The average Bonchev–Trinajstić information content (AvgIpc) is 2.42. The molecule has 0 aliphatic carbocycles. The van der Waals surface area contributed by atoms with Crippen LogP contribution in [0, 0.1) is 5.92 Å². The first-order valence-corrected chi connectivity index (χ1v) is 7.63. The van der Waals surface area contributed by atoms with Crippen LogP contribution in [0.15, 0.2) is 18.2 Å². The summed E-state index contributed by atoms with van der Waals surface area (Å²) in [6, 6.07) is 6.77. The number of nitrogens with two attached hydrogens (primary N) is 1. The Bertz CT molecular complexity index is 489. The molecule has 1 aliphatic heterocycles. The van der Waals surface area contributed by atoms with Gasteiger partial charge in [-0.1, -0.05) is 25.2 Å². The molecule has 4 heteroatoms. The van der Waals surface area contributed by atoms with Crippen molar-refractivity contribution >= 4 is 17.2 Å². The van der Waals surface area contributed by atoms with E-state index < -0.39 is 0 Å². The third kappa shape index (κ3) is 3.49. The number of hydrogen-bond acceptors (Lipinski definition) is 3. The maximum atomic E-state index is 5.71. The normalized spacial score (nSPS) is 23.6. The molecule has 2 atom stereocenters. The summed E-state index contributed by atoms with van der Waals surface area (Å²) >= 11 is 5.04. The van der Waals surface area contributed by atoms with Gasteiger partial charge in [0, 0.05) is 19.1 Å². The van der Waals surface area contributed by atoms with Crippen LogP contribution in [0.5, 0.6) is 5.75 Å². The molecule has 1 saturated heterocycles. The lowest BCUT2D eigenvalue weighted by atomic mass is 9.94. The zero-order valence-corrected chi connectivity index (χ0v) is 13.4. The second kappa shape index (κ2) is 6.55. The minimum absolute atomic E-state index is 0.383. The summed E-state index contributed by atoms with van der Waals surface area (Å²) in [4.78, 5) is 2.93. The molecule has 0 radical (unpaired) electrons. The molecule has 1 aliphatic rings. The van der Waals surface area contributed by atoms with E-state index in [0.29, 0.717) is 11.0 Å². The molecular weight excluding hydrogens is 268 g/mol. The molecule has 0 spiro atoms. The maximum absolute atomic E-state index is 5.71. The highest BCUT2D eigenvalue weighted by Gasteiger charge is 2.23. The lowest BCUT2D eigenvalue weighted by molar-refractivity contribution is 0.117. The van der Waals surface area contributed by atoms with Crippen molar-refractivity contribution in [1.82, 2.24) is 4.90 Å². The van der Waals surface area contributed by atoms with Crippen LogP contribution in [0.25, 0.3) is 0 Å². The molecule has 0 amide bonds. The Morgan fingerprint density at radius 2 is 2.15 bits per heavy atom. The van der Waals surface area contributed by atoms with Gasteiger partial charge < -0.3 is 10.5 Å². The van der Waals surface area contributed by atoms with Crippen molar-refractivity contribution in [3.05, 3.63) is 29.3 Å². The summed E-state index contributed by atoms with van der Waals surface area (Å²) in [5.41, 5.74) is 7.77. The number of nitrogens with zero attached hydrogens (tertiary/aromatic N) is 1. The van der Waals surface area contributed by atoms with E-state index in [1.807, 2.05) is 6.07 Å². The highest BCUT2D eigenvalue weighted by Crippen LogP contribution is 2.25. The molecule has 2 rings (SSSR count). The fourth-order valence-electron chi connectivity index (χ4n) is 2.87. The number of hydrogen-bond donors (Lipinski definition) is 1. The van der Waals surface area contributed by atoms with Crippen molar-refractivity contribution in [2.45, 2.75) is 39.3 Å². The van der Waals surface area contributed by atoms with Crippen LogP contribution in [0.3, 0.4) is 0 Å². The van der Waals surface area contributed by atoms with Gasteiger partial charge in [-0.05, 0) is 43.4 Å². The van der Waals surface area contributed by atoms with Gasteiger partial charge in [-0.2, -0.15) is 0 Å². The molecule has 110 valence electrons. The van der Waals surface area contributed by atoms with E-state index in [4.69, 9.17) is 22.7 Å². The Kier molecular flexibility index (Phi) is 5.00. The van der Waals surface area contributed by atoms with Crippen LogP contribution in [0.2, 0.25) is 0 Å². The van der Waals surface area contributed by atoms with E-state index in [-0.39, 0.29) is 0 Å². The van der Waals surface area contributed by atoms with Crippen molar-refractivity contribution in [3.8, 4) is 5.75 Å². The van der Waals surface area contributed by atoms with Gasteiger partial charge in [0.1, 0.15) is 10.7 Å².